The predicted molar refractivity (Wildman–Crippen MR) is 50.0 cm³/mol. The van der Waals surface area contributed by atoms with Crippen molar-refractivity contribution in [1.82, 2.24) is 4.98 Å². The molecule has 2 heteroatoms. The topological polar surface area (TPSA) is 16.1 Å². The lowest BCUT2D eigenvalue weighted by molar-refractivity contribution is 0.671. The van der Waals surface area contributed by atoms with Crippen LogP contribution in [0.2, 0.25) is 0 Å². The number of pyridine rings is 1. The van der Waals surface area contributed by atoms with E-state index >= 15 is 0 Å². The van der Waals surface area contributed by atoms with E-state index in [1.54, 1.807) is 0 Å². The first-order chi connectivity index (χ1) is 5.97. The molecule has 2 nitrogen and oxygen atoms in total. The summed E-state index contributed by atoms with van der Waals surface area (Å²) in [6.45, 7) is 2.27. The summed E-state index contributed by atoms with van der Waals surface area (Å²) in [5, 5.41) is 0. The maximum atomic E-state index is 4.00. The average molecular weight is 161 g/mol. The molecule has 0 saturated carbocycles. The van der Waals surface area contributed by atoms with E-state index in [2.05, 4.69) is 28.4 Å². The molecule has 1 aromatic rings. The average Bonchev–Trinajstić information content (AvgIpc) is 2.21. The Kier molecular flexibility index (Phi) is 2.26. The third-order valence-electron chi connectivity index (χ3n) is 2.21. The molecule has 0 unspecified atom stereocenters. The van der Waals surface area contributed by atoms with Crippen LogP contribution in [-0.4, -0.2) is 18.1 Å². The first-order valence-electron chi connectivity index (χ1n) is 4.43. The highest BCUT2D eigenvalue weighted by molar-refractivity contribution is 5.45. The van der Waals surface area contributed by atoms with Gasteiger partial charge in [-0.25, -0.2) is 0 Å². The molecule has 0 atom stereocenters. The van der Waals surface area contributed by atoms with E-state index in [0.29, 0.717) is 0 Å². The quantitative estimate of drug-likeness (QED) is 0.625. The highest BCUT2D eigenvalue weighted by atomic mass is 15.1. The van der Waals surface area contributed by atoms with Crippen molar-refractivity contribution >= 4 is 5.69 Å². The van der Waals surface area contributed by atoms with Gasteiger partial charge in [-0.15, -0.1) is 0 Å². The zero-order chi connectivity index (χ0) is 8.23. The van der Waals surface area contributed by atoms with Crippen molar-refractivity contribution in [3.8, 4) is 0 Å². The van der Waals surface area contributed by atoms with Gasteiger partial charge in [-0.3, -0.25) is 4.98 Å². The van der Waals surface area contributed by atoms with Gasteiger partial charge in [-0.05, 0) is 31.4 Å². The van der Waals surface area contributed by atoms with Gasteiger partial charge in [-0.2, -0.15) is 0 Å². The number of aromatic nitrogens is 1. The van der Waals surface area contributed by atoms with Crippen molar-refractivity contribution in [2.45, 2.75) is 12.8 Å². The third-order valence-corrected chi connectivity index (χ3v) is 2.21. The van der Waals surface area contributed by atoms with Crippen molar-refractivity contribution in [2.75, 3.05) is 18.0 Å². The second-order valence-electron chi connectivity index (χ2n) is 3.08. The molecular formula is C10H13N2. The van der Waals surface area contributed by atoms with Crippen molar-refractivity contribution in [1.29, 1.82) is 0 Å². The second kappa shape index (κ2) is 3.57. The van der Waals surface area contributed by atoms with Crippen LogP contribution in [0.5, 0.6) is 0 Å². The number of nitrogens with zero attached hydrogens (tertiary/aromatic N) is 2. The Labute approximate surface area is 73.2 Å². The molecule has 1 aliphatic heterocycles. The molecule has 1 aliphatic rings. The number of hydrogen-bond acceptors (Lipinski definition) is 2. The van der Waals surface area contributed by atoms with E-state index < -0.39 is 0 Å². The van der Waals surface area contributed by atoms with Crippen LogP contribution in [-0.2, 0) is 0 Å². The second-order valence-corrected chi connectivity index (χ2v) is 3.08. The first kappa shape index (κ1) is 7.59. The third kappa shape index (κ3) is 1.58. The van der Waals surface area contributed by atoms with E-state index in [0.717, 1.165) is 6.54 Å². The number of rotatable bonds is 1. The van der Waals surface area contributed by atoms with E-state index in [1.807, 2.05) is 12.4 Å². The lowest BCUT2D eigenvalue weighted by Gasteiger charge is -2.28. The minimum Gasteiger partial charge on any atom is -0.371 e. The molecule has 1 aromatic heterocycles. The molecule has 0 spiro atoms. The van der Waals surface area contributed by atoms with E-state index in [-0.39, 0.29) is 0 Å². The van der Waals surface area contributed by atoms with Crippen LogP contribution in [0.1, 0.15) is 12.8 Å². The molecule has 0 amide bonds. The molecule has 12 heavy (non-hydrogen) atoms. The summed E-state index contributed by atoms with van der Waals surface area (Å²) >= 11 is 0. The van der Waals surface area contributed by atoms with E-state index in [4.69, 9.17) is 0 Å². The van der Waals surface area contributed by atoms with Gasteiger partial charge >= 0.3 is 0 Å². The Morgan fingerprint density at radius 1 is 1.25 bits per heavy atom. The van der Waals surface area contributed by atoms with E-state index in [1.165, 1.54) is 25.1 Å². The fourth-order valence-corrected chi connectivity index (χ4v) is 1.55. The van der Waals surface area contributed by atoms with Crippen LogP contribution < -0.4 is 4.90 Å². The minimum atomic E-state index is 1.09. The summed E-state index contributed by atoms with van der Waals surface area (Å²) in [5.41, 5.74) is 1.29. The van der Waals surface area contributed by atoms with Crippen LogP contribution >= 0.6 is 0 Å². The molecule has 0 bridgehead atoms. The SMILES string of the molecule is [CH]1CCCN(c2ccncc2)C1. The van der Waals surface area contributed by atoms with Crippen LogP contribution in [0.3, 0.4) is 0 Å². The van der Waals surface area contributed by atoms with Gasteiger partial charge in [-0.1, -0.05) is 0 Å². The Balaban J connectivity index is 2.08. The number of anilines is 1. The van der Waals surface area contributed by atoms with Gasteiger partial charge in [0.05, 0.1) is 0 Å². The lowest BCUT2D eigenvalue weighted by Crippen LogP contribution is -2.29. The summed E-state index contributed by atoms with van der Waals surface area (Å²) in [5.74, 6) is 0. The smallest absolute Gasteiger partial charge is 0.0397 e. The molecular weight excluding hydrogens is 148 g/mol. The summed E-state index contributed by atoms with van der Waals surface area (Å²) in [4.78, 5) is 6.38. The standard InChI is InChI=1S/C10H13N2/c1-2-8-12(9-3-1)10-4-6-11-7-5-10/h2,4-7H,1,3,8-9H2. The molecule has 1 saturated heterocycles. The fourth-order valence-electron chi connectivity index (χ4n) is 1.55. The molecule has 0 N–H and O–H groups in total. The molecule has 1 fully saturated rings. The Hall–Kier alpha value is -1.05. The fraction of sp³-hybridized carbons (Fsp3) is 0.400. The van der Waals surface area contributed by atoms with Crippen molar-refractivity contribution < 1.29 is 0 Å². The summed E-state index contributed by atoms with van der Waals surface area (Å²) < 4.78 is 0. The maximum absolute atomic E-state index is 4.00. The Bertz CT molecular complexity index is 227. The molecule has 0 aromatic carbocycles. The highest BCUT2D eigenvalue weighted by Crippen LogP contribution is 2.17. The molecule has 2 rings (SSSR count). The predicted octanol–water partition coefficient (Wildman–Crippen LogP) is 1.89. The van der Waals surface area contributed by atoms with Gasteiger partial charge in [0.1, 0.15) is 0 Å². The molecule has 1 radical (unpaired) electrons. The highest BCUT2D eigenvalue weighted by Gasteiger charge is 2.09. The maximum Gasteiger partial charge on any atom is 0.0397 e. The van der Waals surface area contributed by atoms with Gasteiger partial charge in [0.2, 0.25) is 0 Å². The van der Waals surface area contributed by atoms with Crippen molar-refractivity contribution in [3.05, 3.63) is 30.9 Å². The van der Waals surface area contributed by atoms with Crippen LogP contribution in [0.25, 0.3) is 0 Å². The van der Waals surface area contributed by atoms with Crippen molar-refractivity contribution in [3.63, 3.8) is 0 Å². The summed E-state index contributed by atoms with van der Waals surface area (Å²) in [6.07, 6.45) is 8.59. The molecule has 0 aliphatic carbocycles. The summed E-state index contributed by atoms with van der Waals surface area (Å²) in [7, 11) is 0. The summed E-state index contributed by atoms with van der Waals surface area (Å²) in [6, 6.07) is 4.14. The normalized spacial score (nSPS) is 17.8. The Morgan fingerprint density at radius 2 is 2.08 bits per heavy atom. The monoisotopic (exact) mass is 161 g/mol. The zero-order valence-corrected chi connectivity index (χ0v) is 7.11. The number of hydrogen-bond donors (Lipinski definition) is 0. The van der Waals surface area contributed by atoms with Crippen LogP contribution in [0, 0.1) is 6.42 Å². The van der Waals surface area contributed by atoms with E-state index in [9.17, 15) is 0 Å². The molecule has 2 heterocycles. The number of piperidine rings is 1. The first-order valence-corrected chi connectivity index (χ1v) is 4.43. The lowest BCUT2D eigenvalue weighted by atomic mass is 10.1. The van der Waals surface area contributed by atoms with Crippen molar-refractivity contribution in [2.24, 2.45) is 0 Å². The van der Waals surface area contributed by atoms with Crippen LogP contribution in [0.4, 0.5) is 5.69 Å². The van der Waals surface area contributed by atoms with Gasteiger partial charge in [0, 0.05) is 31.2 Å². The van der Waals surface area contributed by atoms with Gasteiger partial charge in [0.15, 0.2) is 0 Å². The zero-order valence-electron chi connectivity index (χ0n) is 7.11. The Morgan fingerprint density at radius 3 is 2.75 bits per heavy atom. The minimum absolute atomic E-state index is 1.09. The largest absolute Gasteiger partial charge is 0.371 e. The van der Waals surface area contributed by atoms with Crippen LogP contribution in [0.15, 0.2) is 24.5 Å². The van der Waals surface area contributed by atoms with Gasteiger partial charge in [0.25, 0.3) is 0 Å². The van der Waals surface area contributed by atoms with Gasteiger partial charge < -0.3 is 4.90 Å². The molecule has 63 valence electrons.